The fourth-order valence-corrected chi connectivity index (χ4v) is 3.40. The molecule has 1 aliphatic rings. The molecule has 0 amide bonds. The quantitative estimate of drug-likeness (QED) is 0.897. The van der Waals surface area contributed by atoms with E-state index in [0.29, 0.717) is 17.9 Å². The van der Waals surface area contributed by atoms with Crippen molar-refractivity contribution in [3.8, 4) is 0 Å². The Labute approximate surface area is 118 Å². The number of hydrogen-bond donors (Lipinski definition) is 1. The van der Waals surface area contributed by atoms with Gasteiger partial charge in [-0.05, 0) is 43.4 Å². The smallest absolute Gasteiger partial charge is 0.0702 e. The van der Waals surface area contributed by atoms with Crippen molar-refractivity contribution in [2.24, 2.45) is 11.8 Å². The minimum absolute atomic E-state index is 0.0980. The number of hydrogen-bond acceptors (Lipinski definition) is 2. The molecule has 0 radical (unpaired) electrons. The van der Waals surface area contributed by atoms with E-state index in [-0.39, 0.29) is 6.61 Å². The van der Waals surface area contributed by atoms with Gasteiger partial charge < -0.3 is 10.0 Å². The summed E-state index contributed by atoms with van der Waals surface area (Å²) in [6.07, 6.45) is 1.29. The van der Waals surface area contributed by atoms with Gasteiger partial charge in [-0.15, -0.1) is 0 Å². The van der Waals surface area contributed by atoms with Crippen molar-refractivity contribution in [3.63, 3.8) is 0 Å². The van der Waals surface area contributed by atoms with Gasteiger partial charge in [0.25, 0.3) is 0 Å². The Hall–Kier alpha value is -0.540. The fourth-order valence-electron chi connectivity index (χ4n) is 2.99. The third-order valence-electron chi connectivity index (χ3n) is 4.12. The van der Waals surface area contributed by atoms with Crippen molar-refractivity contribution < 1.29 is 5.11 Å². The SMILES string of the molecule is CC1CC(C)C(C)N(c2ccc(Br)cc2CO)C1. The van der Waals surface area contributed by atoms with Crippen LogP contribution < -0.4 is 4.90 Å². The molecule has 100 valence electrons. The maximum absolute atomic E-state index is 9.54. The van der Waals surface area contributed by atoms with E-state index in [4.69, 9.17) is 0 Å². The number of aliphatic hydroxyl groups is 1. The van der Waals surface area contributed by atoms with Crippen molar-refractivity contribution in [2.45, 2.75) is 39.8 Å². The van der Waals surface area contributed by atoms with Crippen LogP contribution in [-0.2, 0) is 6.61 Å². The minimum atomic E-state index is 0.0980. The Morgan fingerprint density at radius 1 is 1.33 bits per heavy atom. The van der Waals surface area contributed by atoms with Gasteiger partial charge in [0.1, 0.15) is 0 Å². The molecule has 3 atom stereocenters. The number of aliphatic hydroxyl groups excluding tert-OH is 1. The van der Waals surface area contributed by atoms with Gasteiger partial charge in [0, 0.05) is 28.3 Å². The lowest BCUT2D eigenvalue weighted by molar-refractivity contribution is 0.275. The molecule has 3 unspecified atom stereocenters. The lowest BCUT2D eigenvalue weighted by atomic mass is 9.85. The molecule has 1 fully saturated rings. The number of anilines is 1. The van der Waals surface area contributed by atoms with Gasteiger partial charge in [-0.3, -0.25) is 0 Å². The summed E-state index contributed by atoms with van der Waals surface area (Å²) in [4.78, 5) is 2.46. The van der Waals surface area contributed by atoms with Crippen LogP contribution >= 0.6 is 15.9 Å². The molecule has 1 N–H and O–H groups in total. The number of rotatable bonds is 2. The van der Waals surface area contributed by atoms with E-state index in [9.17, 15) is 5.11 Å². The zero-order chi connectivity index (χ0) is 13.3. The van der Waals surface area contributed by atoms with E-state index in [0.717, 1.165) is 16.6 Å². The Kier molecular flexibility index (Phi) is 4.33. The predicted molar refractivity (Wildman–Crippen MR) is 79.8 cm³/mol. The van der Waals surface area contributed by atoms with Crippen LogP contribution in [0.2, 0.25) is 0 Å². The summed E-state index contributed by atoms with van der Waals surface area (Å²) < 4.78 is 1.03. The zero-order valence-corrected chi connectivity index (χ0v) is 12.9. The van der Waals surface area contributed by atoms with Gasteiger partial charge in [-0.1, -0.05) is 29.8 Å². The Morgan fingerprint density at radius 3 is 2.72 bits per heavy atom. The summed E-state index contributed by atoms with van der Waals surface area (Å²) in [5.41, 5.74) is 2.20. The second-order valence-corrected chi connectivity index (χ2v) is 6.56. The predicted octanol–water partition coefficient (Wildman–Crippen LogP) is 3.81. The van der Waals surface area contributed by atoms with Crippen LogP contribution in [0.4, 0.5) is 5.69 Å². The first kappa shape index (κ1) is 13.9. The Balaban J connectivity index is 2.34. The summed E-state index contributed by atoms with van der Waals surface area (Å²) in [6.45, 7) is 8.11. The second kappa shape index (κ2) is 5.62. The maximum Gasteiger partial charge on any atom is 0.0702 e. The summed E-state index contributed by atoms with van der Waals surface area (Å²) in [7, 11) is 0. The molecule has 2 rings (SSSR count). The van der Waals surface area contributed by atoms with E-state index in [1.165, 1.54) is 12.1 Å². The molecule has 1 heterocycles. The van der Waals surface area contributed by atoms with E-state index >= 15 is 0 Å². The van der Waals surface area contributed by atoms with E-state index in [2.05, 4.69) is 53.7 Å². The van der Waals surface area contributed by atoms with Crippen molar-refractivity contribution >= 4 is 21.6 Å². The molecule has 0 aliphatic carbocycles. The largest absolute Gasteiger partial charge is 0.392 e. The van der Waals surface area contributed by atoms with Crippen molar-refractivity contribution in [2.75, 3.05) is 11.4 Å². The van der Waals surface area contributed by atoms with Crippen LogP contribution in [0, 0.1) is 11.8 Å². The summed E-state index contributed by atoms with van der Waals surface area (Å²) in [5.74, 6) is 1.41. The molecule has 0 aromatic heterocycles. The summed E-state index contributed by atoms with van der Waals surface area (Å²) >= 11 is 3.47. The minimum Gasteiger partial charge on any atom is -0.392 e. The lowest BCUT2D eigenvalue weighted by Gasteiger charge is -2.43. The molecular weight excluding hydrogens is 290 g/mol. The zero-order valence-electron chi connectivity index (χ0n) is 11.4. The molecule has 3 heteroatoms. The molecule has 0 bridgehead atoms. The van der Waals surface area contributed by atoms with Crippen molar-refractivity contribution in [1.29, 1.82) is 0 Å². The molecule has 0 spiro atoms. The van der Waals surface area contributed by atoms with Crippen LogP contribution in [0.3, 0.4) is 0 Å². The van der Waals surface area contributed by atoms with Gasteiger partial charge in [0.15, 0.2) is 0 Å². The average molecular weight is 312 g/mol. The highest BCUT2D eigenvalue weighted by atomic mass is 79.9. The normalized spacial score (nSPS) is 28.5. The van der Waals surface area contributed by atoms with E-state index < -0.39 is 0 Å². The standard InChI is InChI=1S/C15H22BrNO/c1-10-6-11(2)12(3)17(8-10)15-5-4-14(16)7-13(15)9-18/h4-5,7,10-12,18H,6,8-9H2,1-3H3. The van der Waals surface area contributed by atoms with Gasteiger partial charge >= 0.3 is 0 Å². The van der Waals surface area contributed by atoms with Crippen molar-refractivity contribution in [3.05, 3.63) is 28.2 Å². The molecule has 1 aliphatic heterocycles. The average Bonchev–Trinajstić information content (AvgIpc) is 2.34. The van der Waals surface area contributed by atoms with Gasteiger partial charge in [0.2, 0.25) is 0 Å². The molecule has 1 aromatic carbocycles. The van der Waals surface area contributed by atoms with E-state index in [1.807, 2.05) is 6.07 Å². The van der Waals surface area contributed by atoms with Crippen LogP contribution in [0.1, 0.15) is 32.8 Å². The lowest BCUT2D eigenvalue weighted by Crippen LogP contribution is -2.46. The fraction of sp³-hybridized carbons (Fsp3) is 0.600. The van der Waals surface area contributed by atoms with Crippen LogP contribution in [-0.4, -0.2) is 17.7 Å². The topological polar surface area (TPSA) is 23.5 Å². The molecule has 2 nitrogen and oxygen atoms in total. The molecule has 0 saturated carbocycles. The molecular formula is C15H22BrNO. The van der Waals surface area contributed by atoms with Gasteiger partial charge in [-0.25, -0.2) is 0 Å². The number of nitrogens with zero attached hydrogens (tertiary/aromatic N) is 1. The van der Waals surface area contributed by atoms with Crippen LogP contribution in [0.25, 0.3) is 0 Å². The number of halogens is 1. The number of benzene rings is 1. The highest BCUT2D eigenvalue weighted by Crippen LogP contribution is 2.34. The number of piperidine rings is 1. The van der Waals surface area contributed by atoms with Crippen LogP contribution in [0.15, 0.2) is 22.7 Å². The van der Waals surface area contributed by atoms with E-state index in [1.54, 1.807) is 0 Å². The van der Waals surface area contributed by atoms with Crippen LogP contribution in [0.5, 0.6) is 0 Å². The highest BCUT2D eigenvalue weighted by molar-refractivity contribution is 9.10. The summed E-state index contributed by atoms with van der Waals surface area (Å²) in [5, 5.41) is 9.54. The first-order valence-electron chi connectivity index (χ1n) is 6.68. The van der Waals surface area contributed by atoms with Gasteiger partial charge in [-0.2, -0.15) is 0 Å². The molecule has 1 aromatic rings. The second-order valence-electron chi connectivity index (χ2n) is 5.64. The Bertz CT molecular complexity index is 421. The molecule has 1 saturated heterocycles. The third kappa shape index (κ3) is 2.72. The first-order valence-corrected chi connectivity index (χ1v) is 7.48. The highest BCUT2D eigenvalue weighted by Gasteiger charge is 2.29. The maximum atomic E-state index is 9.54. The van der Waals surface area contributed by atoms with Gasteiger partial charge in [0.05, 0.1) is 6.61 Å². The monoisotopic (exact) mass is 311 g/mol. The summed E-state index contributed by atoms with van der Waals surface area (Å²) in [6, 6.07) is 6.74. The van der Waals surface area contributed by atoms with Crippen molar-refractivity contribution in [1.82, 2.24) is 0 Å². The molecule has 18 heavy (non-hydrogen) atoms. The Morgan fingerprint density at radius 2 is 2.06 bits per heavy atom. The first-order chi connectivity index (χ1) is 8.52. The third-order valence-corrected chi connectivity index (χ3v) is 4.61.